The minimum Gasteiger partial charge on any atom is -0.503 e. The maximum Gasteiger partial charge on any atom is 0.296 e. The van der Waals surface area contributed by atoms with E-state index in [2.05, 4.69) is 18.0 Å². The molecule has 5 rings (SSSR count). The molecule has 5 nitrogen and oxygen atoms in total. The van der Waals surface area contributed by atoms with Crippen molar-refractivity contribution >= 4 is 49.7 Å². The standard InChI is InChI=1S/C24H18N2O3S2/c1-2-14-10-11-16-18(13-14)31-24(25-16)26-20(15-7-4-3-5-8-15)19(22(28)23(26)29)21(27)17-9-6-12-30-17/h3-13,20,28H,2H2,1H3/t20-/m1/s1. The molecule has 7 heteroatoms. The molecule has 0 spiro atoms. The van der Waals surface area contributed by atoms with Gasteiger partial charge in [-0.3, -0.25) is 14.5 Å². The summed E-state index contributed by atoms with van der Waals surface area (Å²) in [4.78, 5) is 33.1. The fraction of sp³-hybridized carbons (Fsp3) is 0.125. The van der Waals surface area contributed by atoms with E-state index in [9.17, 15) is 14.7 Å². The van der Waals surface area contributed by atoms with E-state index in [1.165, 1.54) is 33.1 Å². The Kier molecular flexibility index (Phi) is 4.92. The lowest BCUT2D eigenvalue weighted by Crippen LogP contribution is -2.30. The lowest BCUT2D eigenvalue weighted by Gasteiger charge is -2.24. The lowest BCUT2D eigenvalue weighted by atomic mass is 9.96. The first-order chi connectivity index (χ1) is 15.1. The molecule has 4 aromatic rings. The molecule has 0 saturated heterocycles. The smallest absolute Gasteiger partial charge is 0.296 e. The Hall–Kier alpha value is -3.29. The highest BCUT2D eigenvalue weighted by atomic mass is 32.1. The van der Waals surface area contributed by atoms with Crippen LogP contribution in [0.4, 0.5) is 5.13 Å². The monoisotopic (exact) mass is 446 g/mol. The number of hydrogen-bond donors (Lipinski definition) is 1. The molecule has 0 aliphatic carbocycles. The Labute approximate surface area is 186 Å². The summed E-state index contributed by atoms with van der Waals surface area (Å²) in [5.74, 6) is -1.46. The van der Waals surface area contributed by atoms with Gasteiger partial charge in [0.15, 0.2) is 10.9 Å². The number of anilines is 1. The first kappa shape index (κ1) is 19.7. The molecule has 2 aromatic carbocycles. The molecule has 31 heavy (non-hydrogen) atoms. The summed E-state index contributed by atoms with van der Waals surface area (Å²) in [6.45, 7) is 2.09. The second kappa shape index (κ2) is 7.76. The number of aromatic nitrogens is 1. The summed E-state index contributed by atoms with van der Waals surface area (Å²) in [7, 11) is 0. The molecule has 3 heterocycles. The van der Waals surface area contributed by atoms with Crippen molar-refractivity contribution in [1.82, 2.24) is 4.98 Å². The van der Waals surface area contributed by atoms with Crippen LogP contribution in [0.15, 0.2) is 77.4 Å². The Morgan fingerprint density at radius 1 is 1.13 bits per heavy atom. The summed E-state index contributed by atoms with van der Waals surface area (Å²) in [5.41, 5.74) is 2.80. The number of ketones is 1. The zero-order valence-electron chi connectivity index (χ0n) is 16.6. The summed E-state index contributed by atoms with van der Waals surface area (Å²) in [6.07, 6.45) is 0.903. The van der Waals surface area contributed by atoms with E-state index in [-0.39, 0.29) is 11.4 Å². The van der Waals surface area contributed by atoms with Crippen molar-refractivity contribution in [1.29, 1.82) is 0 Å². The second-order valence-electron chi connectivity index (χ2n) is 7.21. The van der Waals surface area contributed by atoms with Crippen molar-refractivity contribution in [3.63, 3.8) is 0 Å². The number of thiophene rings is 1. The molecule has 1 atom stereocenters. The van der Waals surface area contributed by atoms with E-state index in [4.69, 9.17) is 0 Å². The topological polar surface area (TPSA) is 70.5 Å². The van der Waals surface area contributed by atoms with Crippen LogP contribution in [0.25, 0.3) is 10.2 Å². The fourth-order valence-corrected chi connectivity index (χ4v) is 5.54. The van der Waals surface area contributed by atoms with Gasteiger partial charge in [0.25, 0.3) is 5.91 Å². The van der Waals surface area contributed by atoms with Gasteiger partial charge in [-0.25, -0.2) is 4.98 Å². The Morgan fingerprint density at radius 2 is 1.94 bits per heavy atom. The van der Waals surface area contributed by atoms with Gasteiger partial charge < -0.3 is 5.11 Å². The summed E-state index contributed by atoms with van der Waals surface area (Å²) in [5, 5.41) is 13.1. The van der Waals surface area contributed by atoms with Crippen LogP contribution in [0, 0.1) is 0 Å². The number of aliphatic hydroxyl groups is 1. The van der Waals surface area contributed by atoms with Crippen LogP contribution in [0.2, 0.25) is 0 Å². The normalized spacial score (nSPS) is 16.5. The van der Waals surface area contributed by atoms with Crippen LogP contribution in [0.3, 0.4) is 0 Å². The van der Waals surface area contributed by atoms with Crippen molar-refractivity contribution in [2.24, 2.45) is 0 Å². The van der Waals surface area contributed by atoms with Crippen molar-refractivity contribution in [3.8, 4) is 0 Å². The van der Waals surface area contributed by atoms with Crippen LogP contribution in [0.1, 0.15) is 33.8 Å². The van der Waals surface area contributed by atoms with E-state index < -0.39 is 17.7 Å². The number of carbonyl (C=O) groups is 2. The highest BCUT2D eigenvalue weighted by Crippen LogP contribution is 2.44. The molecular formula is C24H18N2O3S2. The molecule has 1 aliphatic heterocycles. The number of hydrogen-bond acceptors (Lipinski definition) is 6. The van der Waals surface area contributed by atoms with Crippen molar-refractivity contribution in [2.75, 3.05) is 4.90 Å². The molecule has 0 bridgehead atoms. The summed E-state index contributed by atoms with van der Waals surface area (Å²) >= 11 is 2.67. The number of Topliss-reactive ketones (excluding diaryl/α,β-unsaturated/α-hetero) is 1. The molecule has 1 amide bonds. The van der Waals surface area contributed by atoms with E-state index in [0.717, 1.165) is 22.2 Å². The van der Waals surface area contributed by atoms with Gasteiger partial charge in [0.1, 0.15) is 0 Å². The van der Waals surface area contributed by atoms with E-state index in [0.29, 0.717) is 10.0 Å². The third-order valence-corrected chi connectivity index (χ3v) is 7.26. The van der Waals surface area contributed by atoms with E-state index >= 15 is 0 Å². The van der Waals surface area contributed by atoms with Gasteiger partial charge in [0, 0.05) is 0 Å². The number of aryl methyl sites for hydroxylation is 1. The number of rotatable bonds is 5. The molecule has 0 fully saturated rings. The molecule has 1 aliphatic rings. The molecule has 0 saturated carbocycles. The number of carbonyl (C=O) groups excluding carboxylic acids is 2. The Morgan fingerprint density at radius 3 is 2.65 bits per heavy atom. The van der Waals surface area contributed by atoms with Gasteiger partial charge in [-0.2, -0.15) is 0 Å². The molecule has 0 radical (unpaired) electrons. The Balaban J connectivity index is 1.66. The summed E-state index contributed by atoms with van der Waals surface area (Å²) < 4.78 is 0.964. The van der Waals surface area contributed by atoms with Gasteiger partial charge in [-0.15, -0.1) is 11.3 Å². The highest BCUT2D eigenvalue weighted by Gasteiger charge is 2.46. The highest BCUT2D eigenvalue weighted by molar-refractivity contribution is 7.22. The maximum atomic E-state index is 13.3. The van der Waals surface area contributed by atoms with E-state index in [1.54, 1.807) is 17.5 Å². The number of aliphatic hydroxyl groups excluding tert-OH is 1. The number of nitrogens with zero attached hydrogens (tertiary/aromatic N) is 2. The minimum atomic E-state index is -0.741. The number of thiazole rings is 1. The SMILES string of the molecule is CCc1ccc2nc(N3C(=O)C(O)=C(C(=O)c4cccs4)[C@H]3c3ccccc3)sc2c1. The van der Waals surface area contributed by atoms with Crippen molar-refractivity contribution in [3.05, 3.63) is 93.4 Å². The van der Waals surface area contributed by atoms with Crippen molar-refractivity contribution in [2.45, 2.75) is 19.4 Å². The van der Waals surface area contributed by atoms with Gasteiger partial charge in [0.05, 0.1) is 26.7 Å². The van der Waals surface area contributed by atoms with Crippen LogP contribution in [0.5, 0.6) is 0 Å². The quantitative estimate of drug-likeness (QED) is 0.399. The summed E-state index contributed by atoms with van der Waals surface area (Å²) in [6, 6.07) is 18.1. The predicted molar refractivity (Wildman–Crippen MR) is 124 cm³/mol. The largest absolute Gasteiger partial charge is 0.503 e. The fourth-order valence-electron chi connectivity index (χ4n) is 3.81. The van der Waals surface area contributed by atoms with Gasteiger partial charge in [-0.05, 0) is 41.1 Å². The molecule has 154 valence electrons. The average Bonchev–Trinajstić information content (AvgIpc) is 3.52. The zero-order valence-corrected chi connectivity index (χ0v) is 18.2. The second-order valence-corrected chi connectivity index (χ2v) is 9.17. The van der Waals surface area contributed by atoms with Crippen LogP contribution >= 0.6 is 22.7 Å². The average molecular weight is 447 g/mol. The first-order valence-electron chi connectivity index (χ1n) is 9.87. The number of amides is 1. The van der Waals surface area contributed by atoms with Gasteiger partial charge in [0.2, 0.25) is 5.78 Å². The maximum absolute atomic E-state index is 13.3. The number of fused-ring (bicyclic) bond motifs is 1. The van der Waals surface area contributed by atoms with Gasteiger partial charge in [-0.1, -0.05) is 60.7 Å². The first-order valence-corrected chi connectivity index (χ1v) is 11.6. The van der Waals surface area contributed by atoms with Gasteiger partial charge >= 0.3 is 0 Å². The third kappa shape index (κ3) is 3.26. The number of benzene rings is 2. The van der Waals surface area contributed by atoms with Crippen LogP contribution in [-0.2, 0) is 11.2 Å². The minimum absolute atomic E-state index is 0.0900. The van der Waals surface area contributed by atoms with Crippen molar-refractivity contribution < 1.29 is 14.7 Å². The molecule has 0 unspecified atom stereocenters. The molecular weight excluding hydrogens is 428 g/mol. The third-order valence-electron chi connectivity index (χ3n) is 5.37. The Bertz CT molecular complexity index is 1320. The molecule has 2 aromatic heterocycles. The predicted octanol–water partition coefficient (Wildman–Crippen LogP) is 5.70. The van der Waals surface area contributed by atoms with Crippen LogP contribution in [-0.4, -0.2) is 21.8 Å². The van der Waals surface area contributed by atoms with E-state index in [1.807, 2.05) is 42.5 Å². The molecule has 1 N–H and O–H groups in total. The lowest BCUT2D eigenvalue weighted by molar-refractivity contribution is -0.117. The van der Waals surface area contributed by atoms with Crippen LogP contribution < -0.4 is 4.90 Å². The zero-order chi connectivity index (χ0) is 21.5.